The molecule has 0 fully saturated rings. The number of anilines is 1. The van der Waals surface area contributed by atoms with Gasteiger partial charge in [-0.1, -0.05) is 0 Å². The van der Waals surface area contributed by atoms with E-state index in [2.05, 4.69) is 20.1 Å². The summed E-state index contributed by atoms with van der Waals surface area (Å²) in [5, 5.41) is 3.92. The van der Waals surface area contributed by atoms with Gasteiger partial charge < -0.3 is 5.73 Å². The largest absolute Gasteiger partial charge is 0.366 e. The lowest BCUT2D eigenvalue weighted by atomic mass is 10.5. The molecule has 6 heteroatoms. The quantitative estimate of drug-likeness (QED) is 0.658. The second-order valence-corrected chi connectivity index (χ2v) is 2.51. The minimum Gasteiger partial charge on any atom is -0.366 e. The predicted octanol–water partition coefficient (Wildman–Crippen LogP) is -0.0521. The van der Waals surface area contributed by atoms with Crippen molar-refractivity contribution in [3.63, 3.8) is 0 Å². The molecule has 2 heterocycles. The summed E-state index contributed by atoms with van der Waals surface area (Å²) in [5.41, 5.74) is 5.37. The molecule has 0 aliphatic rings. The SMILES string of the molecule is Cc1nccc(-n2cnc(N)n2)n1. The number of hydrogen-bond acceptors (Lipinski definition) is 5. The third-order valence-corrected chi connectivity index (χ3v) is 1.51. The molecule has 0 bridgehead atoms. The van der Waals surface area contributed by atoms with Crippen LogP contribution in [0.1, 0.15) is 5.82 Å². The van der Waals surface area contributed by atoms with Crippen molar-refractivity contribution >= 4 is 5.95 Å². The van der Waals surface area contributed by atoms with Crippen LogP contribution in [-0.4, -0.2) is 24.7 Å². The standard InChI is InChI=1S/C7H8N6/c1-5-9-3-2-6(11-5)13-4-10-7(8)12-13/h2-4H,1H3,(H2,8,12). The van der Waals surface area contributed by atoms with Gasteiger partial charge in [-0.3, -0.25) is 0 Å². The fourth-order valence-corrected chi connectivity index (χ4v) is 0.958. The molecular weight excluding hydrogens is 168 g/mol. The first-order chi connectivity index (χ1) is 6.25. The van der Waals surface area contributed by atoms with E-state index in [4.69, 9.17) is 5.73 Å². The number of nitrogens with two attached hydrogens (primary N) is 1. The molecular formula is C7H8N6. The van der Waals surface area contributed by atoms with E-state index in [1.807, 2.05) is 6.92 Å². The van der Waals surface area contributed by atoms with E-state index in [0.29, 0.717) is 11.6 Å². The van der Waals surface area contributed by atoms with Gasteiger partial charge in [0.1, 0.15) is 12.2 Å². The first-order valence-corrected chi connectivity index (χ1v) is 3.73. The van der Waals surface area contributed by atoms with E-state index in [-0.39, 0.29) is 5.95 Å². The molecule has 6 nitrogen and oxygen atoms in total. The van der Waals surface area contributed by atoms with Crippen LogP contribution in [0.15, 0.2) is 18.6 Å². The zero-order valence-corrected chi connectivity index (χ0v) is 7.05. The Kier molecular flexibility index (Phi) is 1.66. The Morgan fingerprint density at radius 2 is 2.23 bits per heavy atom. The number of aryl methyl sites for hydroxylation is 1. The fourth-order valence-electron chi connectivity index (χ4n) is 0.958. The zero-order chi connectivity index (χ0) is 9.26. The van der Waals surface area contributed by atoms with Crippen molar-refractivity contribution in [3.05, 3.63) is 24.4 Å². The first-order valence-electron chi connectivity index (χ1n) is 3.73. The highest BCUT2D eigenvalue weighted by Gasteiger charge is 2.00. The molecule has 0 atom stereocenters. The molecule has 0 spiro atoms. The fraction of sp³-hybridized carbons (Fsp3) is 0.143. The minimum atomic E-state index is 0.233. The van der Waals surface area contributed by atoms with Crippen LogP contribution in [0.2, 0.25) is 0 Å². The van der Waals surface area contributed by atoms with E-state index in [0.717, 1.165) is 0 Å². The van der Waals surface area contributed by atoms with Gasteiger partial charge in [0, 0.05) is 12.3 Å². The van der Waals surface area contributed by atoms with Crippen molar-refractivity contribution in [2.75, 3.05) is 5.73 Å². The Hall–Kier alpha value is -1.98. The molecule has 0 aliphatic heterocycles. The minimum absolute atomic E-state index is 0.233. The van der Waals surface area contributed by atoms with Crippen molar-refractivity contribution < 1.29 is 0 Å². The highest BCUT2D eigenvalue weighted by molar-refractivity contribution is 5.21. The smallest absolute Gasteiger partial charge is 0.239 e. The molecule has 0 aliphatic carbocycles. The molecule has 0 saturated heterocycles. The third kappa shape index (κ3) is 1.46. The van der Waals surface area contributed by atoms with E-state index in [9.17, 15) is 0 Å². The molecule has 2 rings (SSSR count). The topological polar surface area (TPSA) is 82.5 Å². The molecule has 13 heavy (non-hydrogen) atoms. The lowest BCUT2D eigenvalue weighted by molar-refractivity contribution is 0.830. The predicted molar refractivity (Wildman–Crippen MR) is 46.1 cm³/mol. The molecule has 0 saturated carbocycles. The Morgan fingerprint density at radius 1 is 1.38 bits per heavy atom. The van der Waals surface area contributed by atoms with E-state index >= 15 is 0 Å². The van der Waals surface area contributed by atoms with Gasteiger partial charge >= 0.3 is 0 Å². The summed E-state index contributed by atoms with van der Waals surface area (Å²) in [4.78, 5) is 11.9. The van der Waals surface area contributed by atoms with Crippen molar-refractivity contribution in [3.8, 4) is 5.82 Å². The van der Waals surface area contributed by atoms with Gasteiger partial charge in [0.05, 0.1) is 0 Å². The van der Waals surface area contributed by atoms with Gasteiger partial charge in [-0.2, -0.15) is 0 Å². The lowest BCUT2D eigenvalue weighted by Crippen LogP contribution is -2.01. The van der Waals surface area contributed by atoms with Crippen LogP contribution in [-0.2, 0) is 0 Å². The molecule has 0 aromatic carbocycles. The number of aromatic nitrogens is 5. The van der Waals surface area contributed by atoms with Crippen molar-refractivity contribution in [2.24, 2.45) is 0 Å². The molecule has 2 aromatic heterocycles. The number of nitrogens with zero attached hydrogens (tertiary/aromatic N) is 5. The number of rotatable bonds is 1. The van der Waals surface area contributed by atoms with Crippen LogP contribution in [0.3, 0.4) is 0 Å². The molecule has 0 amide bonds. The average Bonchev–Trinajstić information content (AvgIpc) is 2.52. The van der Waals surface area contributed by atoms with E-state index < -0.39 is 0 Å². The molecule has 2 aromatic rings. The summed E-state index contributed by atoms with van der Waals surface area (Å²) < 4.78 is 1.50. The second-order valence-electron chi connectivity index (χ2n) is 2.51. The molecule has 66 valence electrons. The highest BCUT2D eigenvalue weighted by atomic mass is 15.4. The third-order valence-electron chi connectivity index (χ3n) is 1.51. The van der Waals surface area contributed by atoms with Crippen LogP contribution in [0.25, 0.3) is 5.82 Å². The molecule has 2 N–H and O–H groups in total. The van der Waals surface area contributed by atoms with Crippen LogP contribution in [0.4, 0.5) is 5.95 Å². The summed E-state index contributed by atoms with van der Waals surface area (Å²) in [6.45, 7) is 1.81. The highest BCUT2D eigenvalue weighted by Crippen LogP contribution is 2.01. The monoisotopic (exact) mass is 176 g/mol. The van der Waals surface area contributed by atoms with E-state index in [1.165, 1.54) is 11.0 Å². The zero-order valence-electron chi connectivity index (χ0n) is 7.05. The maximum absolute atomic E-state index is 5.37. The summed E-state index contributed by atoms with van der Waals surface area (Å²) in [6, 6.07) is 1.74. The summed E-state index contributed by atoms with van der Waals surface area (Å²) in [5.74, 6) is 1.58. The summed E-state index contributed by atoms with van der Waals surface area (Å²) in [7, 11) is 0. The summed E-state index contributed by atoms with van der Waals surface area (Å²) in [6.07, 6.45) is 3.17. The maximum Gasteiger partial charge on any atom is 0.239 e. The number of nitrogen functional groups attached to an aromatic ring is 1. The van der Waals surface area contributed by atoms with Gasteiger partial charge in [0.2, 0.25) is 5.95 Å². The Bertz CT molecular complexity index is 420. The Balaban J connectivity index is 2.46. The Morgan fingerprint density at radius 3 is 2.85 bits per heavy atom. The van der Waals surface area contributed by atoms with Gasteiger partial charge in [-0.15, -0.1) is 5.10 Å². The van der Waals surface area contributed by atoms with Crippen molar-refractivity contribution in [1.29, 1.82) is 0 Å². The van der Waals surface area contributed by atoms with Crippen LogP contribution in [0, 0.1) is 6.92 Å². The Labute approximate surface area is 74.5 Å². The van der Waals surface area contributed by atoms with Gasteiger partial charge in [-0.05, 0) is 6.92 Å². The number of hydrogen-bond donors (Lipinski definition) is 1. The second kappa shape index (κ2) is 2.81. The average molecular weight is 176 g/mol. The maximum atomic E-state index is 5.37. The van der Waals surface area contributed by atoms with Crippen LogP contribution >= 0.6 is 0 Å². The van der Waals surface area contributed by atoms with Gasteiger partial charge in [0.25, 0.3) is 0 Å². The van der Waals surface area contributed by atoms with E-state index in [1.54, 1.807) is 12.3 Å². The molecule has 0 radical (unpaired) electrons. The van der Waals surface area contributed by atoms with Gasteiger partial charge in [0.15, 0.2) is 5.82 Å². The normalized spacial score (nSPS) is 10.2. The van der Waals surface area contributed by atoms with Crippen LogP contribution < -0.4 is 5.73 Å². The van der Waals surface area contributed by atoms with Crippen molar-refractivity contribution in [2.45, 2.75) is 6.92 Å². The lowest BCUT2D eigenvalue weighted by Gasteiger charge is -1.98. The van der Waals surface area contributed by atoms with Crippen molar-refractivity contribution in [1.82, 2.24) is 24.7 Å². The van der Waals surface area contributed by atoms with Crippen LogP contribution in [0.5, 0.6) is 0 Å². The molecule has 0 unspecified atom stereocenters. The first kappa shape index (κ1) is 7.66. The summed E-state index contributed by atoms with van der Waals surface area (Å²) >= 11 is 0. The van der Waals surface area contributed by atoms with Gasteiger partial charge in [-0.25, -0.2) is 19.6 Å².